The zero-order valence-corrected chi connectivity index (χ0v) is 9.87. The Bertz CT molecular complexity index is 267. The molecule has 1 saturated heterocycles. The summed E-state index contributed by atoms with van der Waals surface area (Å²) in [5, 5.41) is 0. The number of amides is 1. The number of nitrogens with zero attached hydrogens (tertiary/aromatic N) is 1. The molecular formula is C11H19NO3. The van der Waals surface area contributed by atoms with E-state index in [4.69, 9.17) is 4.74 Å². The summed E-state index contributed by atoms with van der Waals surface area (Å²) in [5.41, 5.74) is -0.202. The largest absolute Gasteiger partial charge is 0.466 e. The van der Waals surface area contributed by atoms with Gasteiger partial charge in [-0.25, -0.2) is 0 Å². The fraction of sp³-hybridized carbons (Fsp3) is 0.818. The Labute approximate surface area is 90.6 Å². The van der Waals surface area contributed by atoms with Crippen LogP contribution in [0.2, 0.25) is 0 Å². The predicted molar refractivity (Wildman–Crippen MR) is 56.3 cm³/mol. The lowest BCUT2D eigenvalue weighted by atomic mass is 9.90. The van der Waals surface area contributed by atoms with Crippen LogP contribution in [0, 0.1) is 0 Å². The third kappa shape index (κ3) is 2.70. The van der Waals surface area contributed by atoms with E-state index in [0.717, 1.165) is 0 Å². The first-order chi connectivity index (χ1) is 6.86. The summed E-state index contributed by atoms with van der Waals surface area (Å²) in [6.07, 6.45) is 0.785. The minimum atomic E-state index is -0.218. The lowest BCUT2D eigenvalue weighted by Crippen LogP contribution is -2.61. The smallest absolute Gasteiger partial charge is 0.307 e. The summed E-state index contributed by atoms with van der Waals surface area (Å²) < 4.78 is 4.87. The second-order valence-corrected chi connectivity index (χ2v) is 4.80. The van der Waals surface area contributed by atoms with Gasteiger partial charge in [-0.05, 0) is 27.7 Å². The minimum absolute atomic E-state index is 0.0246. The van der Waals surface area contributed by atoms with Crippen LogP contribution in [0.25, 0.3) is 0 Å². The molecule has 0 aliphatic carbocycles. The van der Waals surface area contributed by atoms with Gasteiger partial charge in [-0.1, -0.05) is 0 Å². The van der Waals surface area contributed by atoms with Gasteiger partial charge in [0.2, 0.25) is 5.91 Å². The van der Waals surface area contributed by atoms with Gasteiger partial charge in [0.15, 0.2) is 0 Å². The molecule has 15 heavy (non-hydrogen) atoms. The van der Waals surface area contributed by atoms with Crippen molar-refractivity contribution in [2.75, 3.05) is 6.61 Å². The van der Waals surface area contributed by atoms with Crippen LogP contribution in [0.4, 0.5) is 0 Å². The van der Waals surface area contributed by atoms with Gasteiger partial charge < -0.3 is 9.64 Å². The van der Waals surface area contributed by atoms with E-state index in [1.165, 1.54) is 0 Å². The number of ether oxygens (including phenoxy) is 1. The SMILES string of the molecule is CCOC(=O)CC1CC(=O)N1C(C)(C)C. The molecule has 0 N–H and O–H groups in total. The third-order valence-electron chi connectivity index (χ3n) is 2.47. The fourth-order valence-electron chi connectivity index (χ4n) is 1.98. The number of β-lactam (4-membered cyclic amide) rings is 1. The van der Waals surface area contributed by atoms with Crippen molar-refractivity contribution in [2.24, 2.45) is 0 Å². The van der Waals surface area contributed by atoms with Gasteiger partial charge in [0, 0.05) is 12.0 Å². The summed E-state index contributed by atoms with van der Waals surface area (Å²) in [5.74, 6) is -0.0963. The Morgan fingerprint density at radius 2 is 2.13 bits per heavy atom. The van der Waals surface area contributed by atoms with Crippen LogP contribution >= 0.6 is 0 Å². The first kappa shape index (κ1) is 12.0. The zero-order valence-electron chi connectivity index (χ0n) is 9.87. The molecule has 4 nitrogen and oxygen atoms in total. The van der Waals surface area contributed by atoms with E-state index in [9.17, 15) is 9.59 Å². The van der Waals surface area contributed by atoms with Crippen LogP contribution in [0.3, 0.4) is 0 Å². The third-order valence-corrected chi connectivity index (χ3v) is 2.47. The number of rotatable bonds is 3. The number of hydrogen-bond acceptors (Lipinski definition) is 3. The van der Waals surface area contributed by atoms with Gasteiger partial charge in [-0.3, -0.25) is 9.59 Å². The van der Waals surface area contributed by atoms with Crippen molar-refractivity contribution in [3.63, 3.8) is 0 Å². The van der Waals surface area contributed by atoms with Crippen LogP contribution in [-0.4, -0.2) is 35.0 Å². The van der Waals surface area contributed by atoms with E-state index in [1.807, 2.05) is 20.8 Å². The van der Waals surface area contributed by atoms with E-state index in [0.29, 0.717) is 19.4 Å². The summed E-state index contributed by atoms with van der Waals surface area (Å²) in [6, 6.07) is 0.0246. The Kier molecular flexibility index (Phi) is 3.37. The molecule has 1 unspecified atom stereocenters. The predicted octanol–water partition coefficient (Wildman–Crippen LogP) is 1.34. The van der Waals surface area contributed by atoms with E-state index < -0.39 is 0 Å². The molecular weight excluding hydrogens is 194 g/mol. The fourth-order valence-corrected chi connectivity index (χ4v) is 1.98. The number of esters is 1. The van der Waals surface area contributed by atoms with Crippen LogP contribution in [0.15, 0.2) is 0 Å². The van der Waals surface area contributed by atoms with Crippen molar-refractivity contribution in [3.05, 3.63) is 0 Å². The molecule has 1 aliphatic rings. The molecule has 0 bridgehead atoms. The Morgan fingerprint density at radius 3 is 2.53 bits per heavy atom. The first-order valence-corrected chi connectivity index (χ1v) is 5.34. The molecule has 1 aliphatic heterocycles. The standard InChI is InChI=1S/C11H19NO3/c1-5-15-10(14)7-8-6-9(13)12(8)11(2,3)4/h8H,5-7H2,1-4H3. The maximum absolute atomic E-state index is 11.4. The lowest BCUT2D eigenvalue weighted by molar-refractivity contribution is -0.159. The van der Waals surface area contributed by atoms with Gasteiger partial charge in [0.05, 0.1) is 19.1 Å². The molecule has 0 radical (unpaired) electrons. The second-order valence-electron chi connectivity index (χ2n) is 4.80. The summed E-state index contributed by atoms with van der Waals surface area (Å²) in [4.78, 5) is 24.4. The average molecular weight is 213 g/mol. The molecule has 1 atom stereocenters. The van der Waals surface area contributed by atoms with Crippen molar-refractivity contribution in [2.45, 2.75) is 52.1 Å². The van der Waals surface area contributed by atoms with E-state index in [2.05, 4.69) is 0 Å². The van der Waals surface area contributed by atoms with Gasteiger partial charge in [-0.2, -0.15) is 0 Å². The summed E-state index contributed by atoms with van der Waals surface area (Å²) in [6.45, 7) is 8.10. The van der Waals surface area contributed by atoms with Crippen molar-refractivity contribution in [1.82, 2.24) is 4.90 Å². The van der Waals surface area contributed by atoms with Gasteiger partial charge in [0.1, 0.15) is 0 Å². The quantitative estimate of drug-likeness (QED) is 0.525. The van der Waals surface area contributed by atoms with E-state index in [-0.39, 0.29) is 23.5 Å². The highest BCUT2D eigenvalue weighted by Gasteiger charge is 2.43. The number of likely N-dealkylation sites (tertiary alicyclic amines) is 1. The summed E-state index contributed by atoms with van der Waals surface area (Å²) in [7, 11) is 0. The highest BCUT2D eigenvalue weighted by Crippen LogP contribution is 2.30. The number of carbonyl (C=O) groups is 2. The number of hydrogen-bond donors (Lipinski definition) is 0. The lowest BCUT2D eigenvalue weighted by Gasteiger charge is -2.48. The first-order valence-electron chi connectivity index (χ1n) is 5.34. The molecule has 1 fully saturated rings. The van der Waals surface area contributed by atoms with Crippen LogP contribution in [-0.2, 0) is 14.3 Å². The molecule has 0 saturated carbocycles. The van der Waals surface area contributed by atoms with E-state index in [1.54, 1.807) is 11.8 Å². The van der Waals surface area contributed by atoms with E-state index >= 15 is 0 Å². The minimum Gasteiger partial charge on any atom is -0.466 e. The molecule has 1 heterocycles. The normalized spacial score (nSPS) is 21.2. The number of carbonyl (C=O) groups excluding carboxylic acids is 2. The topological polar surface area (TPSA) is 46.6 Å². The average Bonchev–Trinajstić information content (AvgIpc) is 1.99. The monoisotopic (exact) mass is 213 g/mol. The molecule has 1 amide bonds. The van der Waals surface area contributed by atoms with Crippen molar-refractivity contribution in [3.8, 4) is 0 Å². The molecule has 0 aromatic heterocycles. The van der Waals surface area contributed by atoms with Gasteiger partial charge in [-0.15, -0.1) is 0 Å². The maximum atomic E-state index is 11.4. The second kappa shape index (κ2) is 4.21. The Balaban J connectivity index is 2.51. The molecule has 1 rings (SSSR count). The highest BCUT2D eigenvalue weighted by atomic mass is 16.5. The zero-order chi connectivity index (χ0) is 11.6. The van der Waals surface area contributed by atoms with Crippen molar-refractivity contribution in [1.29, 1.82) is 0 Å². The van der Waals surface area contributed by atoms with Crippen LogP contribution < -0.4 is 0 Å². The van der Waals surface area contributed by atoms with Crippen molar-refractivity contribution < 1.29 is 14.3 Å². The molecule has 0 aromatic carbocycles. The van der Waals surface area contributed by atoms with Gasteiger partial charge >= 0.3 is 5.97 Å². The van der Waals surface area contributed by atoms with Crippen molar-refractivity contribution >= 4 is 11.9 Å². The molecule has 0 aromatic rings. The molecule has 4 heteroatoms. The summed E-state index contributed by atoms with van der Waals surface area (Å²) >= 11 is 0. The Hall–Kier alpha value is -1.06. The van der Waals surface area contributed by atoms with Gasteiger partial charge in [0.25, 0.3) is 0 Å². The van der Waals surface area contributed by atoms with Crippen LogP contribution in [0.1, 0.15) is 40.5 Å². The highest BCUT2D eigenvalue weighted by molar-refractivity contribution is 5.86. The molecule has 86 valence electrons. The van der Waals surface area contributed by atoms with Crippen LogP contribution in [0.5, 0.6) is 0 Å². The Morgan fingerprint density at radius 1 is 1.53 bits per heavy atom. The molecule has 0 spiro atoms. The maximum Gasteiger partial charge on any atom is 0.307 e.